The van der Waals surface area contributed by atoms with E-state index in [1.54, 1.807) is 13.1 Å². The van der Waals surface area contributed by atoms with Crippen LogP contribution in [0.2, 0.25) is 5.02 Å². The monoisotopic (exact) mass is 266 g/mol. The fourth-order valence-corrected chi connectivity index (χ4v) is 2.00. The number of hydrogen-bond donors (Lipinski definition) is 0. The molecule has 94 valence electrons. The summed E-state index contributed by atoms with van der Waals surface area (Å²) in [6.07, 6.45) is 0.0650. The standard InChI is InChI=1S/C13H12ClFN2O/c1-8-5-12(17(2)16-8)13(18)7-9-6-10(15)3-4-11(9)14/h3-6H,7H2,1-2H3. The van der Waals surface area contributed by atoms with Crippen LogP contribution in [-0.4, -0.2) is 15.6 Å². The number of ketones is 1. The highest BCUT2D eigenvalue weighted by atomic mass is 35.5. The molecular formula is C13H12ClFN2O. The molecule has 0 amide bonds. The molecule has 1 aromatic heterocycles. The minimum atomic E-state index is -0.400. The van der Waals surface area contributed by atoms with Crippen molar-refractivity contribution in [2.24, 2.45) is 7.05 Å². The van der Waals surface area contributed by atoms with Gasteiger partial charge in [-0.25, -0.2) is 4.39 Å². The topological polar surface area (TPSA) is 34.9 Å². The third kappa shape index (κ3) is 2.59. The number of Topliss-reactive ketones (excluding diaryl/α,β-unsaturated/α-hetero) is 1. The van der Waals surface area contributed by atoms with E-state index in [1.807, 2.05) is 6.92 Å². The summed E-state index contributed by atoms with van der Waals surface area (Å²) in [5.41, 5.74) is 1.75. The Morgan fingerprint density at radius 1 is 1.44 bits per heavy atom. The summed E-state index contributed by atoms with van der Waals surface area (Å²) in [6, 6.07) is 5.71. The predicted molar refractivity (Wildman–Crippen MR) is 67.4 cm³/mol. The van der Waals surface area contributed by atoms with E-state index in [0.717, 1.165) is 5.69 Å². The molecule has 3 nitrogen and oxygen atoms in total. The third-order valence-electron chi connectivity index (χ3n) is 2.65. The highest BCUT2D eigenvalue weighted by Crippen LogP contribution is 2.19. The molecule has 0 fully saturated rings. The van der Waals surface area contributed by atoms with Crippen LogP contribution in [0.5, 0.6) is 0 Å². The van der Waals surface area contributed by atoms with Gasteiger partial charge >= 0.3 is 0 Å². The van der Waals surface area contributed by atoms with Crippen LogP contribution in [0.3, 0.4) is 0 Å². The smallest absolute Gasteiger partial charge is 0.185 e. The highest BCUT2D eigenvalue weighted by Gasteiger charge is 2.14. The first kappa shape index (κ1) is 12.8. The van der Waals surface area contributed by atoms with Gasteiger partial charge in [-0.3, -0.25) is 9.48 Å². The zero-order valence-corrected chi connectivity index (χ0v) is 10.8. The number of carbonyl (C=O) groups is 1. The SMILES string of the molecule is Cc1cc(C(=O)Cc2cc(F)ccc2Cl)n(C)n1. The number of halogens is 2. The fraction of sp³-hybridized carbons (Fsp3) is 0.231. The lowest BCUT2D eigenvalue weighted by Crippen LogP contribution is -2.10. The van der Waals surface area contributed by atoms with Crippen LogP contribution >= 0.6 is 11.6 Å². The molecular weight excluding hydrogens is 255 g/mol. The normalized spacial score (nSPS) is 10.7. The molecule has 18 heavy (non-hydrogen) atoms. The number of carbonyl (C=O) groups excluding carboxylic acids is 1. The number of nitrogens with zero attached hydrogens (tertiary/aromatic N) is 2. The Bertz CT molecular complexity index is 607. The van der Waals surface area contributed by atoms with E-state index in [0.29, 0.717) is 16.3 Å². The van der Waals surface area contributed by atoms with E-state index < -0.39 is 5.82 Å². The molecule has 2 aromatic rings. The molecule has 0 spiro atoms. The molecule has 1 aromatic carbocycles. The van der Waals surface area contributed by atoms with Gasteiger partial charge in [0.2, 0.25) is 0 Å². The van der Waals surface area contributed by atoms with E-state index in [4.69, 9.17) is 11.6 Å². The van der Waals surface area contributed by atoms with Gasteiger partial charge < -0.3 is 0 Å². The minimum absolute atomic E-state index is 0.0650. The number of aryl methyl sites for hydroxylation is 2. The second-order valence-electron chi connectivity index (χ2n) is 4.13. The molecule has 0 radical (unpaired) electrons. The van der Waals surface area contributed by atoms with Crippen molar-refractivity contribution in [2.75, 3.05) is 0 Å². The van der Waals surface area contributed by atoms with Crippen LogP contribution in [-0.2, 0) is 13.5 Å². The summed E-state index contributed by atoms with van der Waals surface area (Å²) in [7, 11) is 1.70. The van der Waals surface area contributed by atoms with Crippen molar-refractivity contribution in [3.63, 3.8) is 0 Å². The lowest BCUT2D eigenvalue weighted by atomic mass is 10.1. The molecule has 0 saturated carbocycles. The summed E-state index contributed by atoms with van der Waals surface area (Å²) < 4.78 is 14.6. The second-order valence-corrected chi connectivity index (χ2v) is 4.54. The van der Waals surface area contributed by atoms with E-state index in [2.05, 4.69) is 5.10 Å². The van der Waals surface area contributed by atoms with Gasteiger partial charge in [0.1, 0.15) is 11.5 Å². The van der Waals surface area contributed by atoms with Gasteiger partial charge in [0.25, 0.3) is 0 Å². The zero-order chi connectivity index (χ0) is 13.3. The first-order chi connectivity index (χ1) is 8.47. The Labute approximate surface area is 109 Å². The van der Waals surface area contributed by atoms with Gasteiger partial charge in [0.15, 0.2) is 5.78 Å². The van der Waals surface area contributed by atoms with Crippen LogP contribution in [0.4, 0.5) is 4.39 Å². The quantitative estimate of drug-likeness (QED) is 0.801. The van der Waals surface area contributed by atoms with Gasteiger partial charge in [0, 0.05) is 18.5 Å². The lowest BCUT2D eigenvalue weighted by Gasteiger charge is -2.04. The van der Waals surface area contributed by atoms with Crippen LogP contribution in [0.1, 0.15) is 21.7 Å². The van der Waals surface area contributed by atoms with Gasteiger partial charge in [-0.1, -0.05) is 11.6 Å². The van der Waals surface area contributed by atoms with Crippen LogP contribution < -0.4 is 0 Å². The summed E-state index contributed by atoms with van der Waals surface area (Å²) in [5, 5.41) is 4.49. The van der Waals surface area contributed by atoms with Crippen molar-refractivity contribution in [1.29, 1.82) is 0 Å². The van der Waals surface area contributed by atoms with E-state index in [9.17, 15) is 9.18 Å². The van der Waals surface area contributed by atoms with Gasteiger partial charge in [0.05, 0.1) is 5.69 Å². The maximum absolute atomic E-state index is 13.1. The van der Waals surface area contributed by atoms with Crippen molar-refractivity contribution < 1.29 is 9.18 Å². The van der Waals surface area contributed by atoms with Gasteiger partial charge in [-0.05, 0) is 36.8 Å². The molecule has 0 aliphatic carbocycles. The Morgan fingerprint density at radius 2 is 2.17 bits per heavy atom. The summed E-state index contributed by atoms with van der Waals surface area (Å²) in [6.45, 7) is 1.81. The van der Waals surface area contributed by atoms with Crippen molar-refractivity contribution in [2.45, 2.75) is 13.3 Å². The fourth-order valence-electron chi connectivity index (χ4n) is 1.81. The van der Waals surface area contributed by atoms with Crippen molar-refractivity contribution in [3.8, 4) is 0 Å². The first-order valence-electron chi connectivity index (χ1n) is 5.45. The second kappa shape index (κ2) is 4.90. The van der Waals surface area contributed by atoms with Crippen LogP contribution in [0.15, 0.2) is 24.3 Å². The maximum Gasteiger partial charge on any atom is 0.185 e. The summed E-state index contributed by atoms with van der Waals surface area (Å²) in [4.78, 5) is 12.1. The Morgan fingerprint density at radius 3 is 2.78 bits per heavy atom. The van der Waals surface area contributed by atoms with E-state index in [1.165, 1.54) is 22.9 Å². The average molecular weight is 267 g/mol. The van der Waals surface area contributed by atoms with Crippen LogP contribution in [0.25, 0.3) is 0 Å². The number of aromatic nitrogens is 2. The van der Waals surface area contributed by atoms with E-state index in [-0.39, 0.29) is 12.2 Å². The van der Waals surface area contributed by atoms with Crippen molar-refractivity contribution >= 4 is 17.4 Å². The molecule has 2 rings (SSSR count). The lowest BCUT2D eigenvalue weighted by molar-refractivity contribution is 0.0984. The molecule has 0 aliphatic heterocycles. The van der Waals surface area contributed by atoms with Gasteiger partial charge in [-0.2, -0.15) is 5.10 Å². The summed E-state index contributed by atoms with van der Waals surface area (Å²) >= 11 is 5.93. The average Bonchev–Trinajstić information content (AvgIpc) is 2.63. The van der Waals surface area contributed by atoms with Crippen molar-refractivity contribution in [1.82, 2.24) is 9.78 Å². The van der Waals surface area contributed by atoms with Crippen LogP contribution in [0, 0.1) is 12.7 Å². The molecule has 5 heteroatoms. The molecule has 0 aliphatic rings. The Hall–Kier alpha value is -1.68. The predicted octanol–water partition coefficient (Wildman–Crippen LogP) is 2.95. The summed E-state index contributed by atoms with van der Waals surface area (Å²) in [5.74, 6) is -0.533. The molecule has 0 unspecified atom stereocenters. The molecule has 1 heterocycles. The first-order valence-corrected chi connectivity index (χ1v) is 5.83. The van der Waals surface area contributed by atoms with Gasteiger partial charge in [-0.15, -0.1) is 0 Å². The molecule has 0 bridgehead atoms. The minimum Gasteiger partial charge on any atom is -0.292 e. The Kier molecular flexibility index (Phi) is 3.48. The molecule has 0 N–H and O–H groups in total. The third-order valence-corrected chi connectivity index (χ3v) is 3.02. The molecule has 0 atom stereocenters. The molecule has 0 saturated heterocycles. The number of hydrogen-bond acceptors (Lipinski definition) is 2. The van der Waals surface area contributed by atoms with Crippen molar-refractivity contribution in [3.05, 3.63) is 52.1 Å². The number of benzene rings is 1. The number of rotatable bonds is 3. The highest BCUT2D eigenvalue weighted by molar-refractivity contribution is 6.31. The maximum atomic E-state index is 13.1. The zero-order valence-electron chi connectivity index (χ0n) is 10.1. The largest absolute Gasteiger partial charge is 0.292 e. The van der Waals surface area contributed by atoms with E-state index >= 15 is 0 Å². The Balaban J connectivity index is 2.26.